The quantitative estimate of drug-likeness (QED) is 0.739. The van der Waals surface area contributed by atoms with E-state index in [1.807, 2.05) is 27.8 Å². The Morgan fingerprint density at radius 2 is 1.88 bits per heavy atom. The molecule has 1 saturated heterocycles. The molecule has 0 aliphatic carbocycles. The molecule has 1 fully saturated rings. The number of nitrogens with zero attached hydrogens (tertiary/aromatic N) is 3. The van der Waals surface area contributed by atoms with Crippen LogP contribution < -0.4 is 0 Å². The summed E-state index contributed by atoms with van der Waals surface area (Å²) in [6.45, 7) is 4.86. The Labute approximate surface area is 146 Å². The zero-order chi connectivity index (χ0) is 17.2. The van der Waals surface area contributed by atoms with Gasteiger partial charge in [-0.1, -0.05) is 42.0 Å². The smallest absolute Gasteiger partial charge is 0.244 e. The van der Waals surface area contributed by atoms with E-state index in [9.17, 15) is 4.79 Å². The number of ether oxygens (including phenoxy) is 1. The second kappa shape index (κ2) is 6.69. The van der Waals surface area contributed by atoms with Crippen LogP contribution >= 0.6 is 0 Å². The molecule has 25 heavy (non-hydrogen) atoms. The maximum Gasteiger partial charge on any atom is 0.244 e. The normalized spacial score (nSPS) is 14.8. The summed E-state index contributed by atoms with van der Waals surface area (Å²) in [5.74, 6) is 0.0906. The molecule has 2 heterocycles. The molecule has 0 unspecified atom stereocenters. The Morgan fingerprint density at radius 1 is 1.12 bits per heavy atom. The second-order valence-corrected chi connectivity index (χ2v) is 6.39. The minimum absolute atomic E-state index is 0.0906. The summed E-state index contributed by atoms with van der Waals surface area (Å²) < 4.78 is 7.16. The van der Waals surface area contributed by atoms with E-state index >= 15 is 0 Å². The van der Waals surface area contributed by atoms with Crippen LogP contribution in [-0.2, 0) is 16.1 Å². The predicted molar refractivity (Wildman–Crippen MR) is 97.3 cm³/mol. The van der Waals surface area contributed by atoms with Gasteiger partial charge in [0.05, 0.1) is 18.7 Å². The summed E-state index contributed by atoms with van der Waals surface area (Å²) >= 11 is 0. The lowest BCUT2D eigenvalue weighted by atomic mass is 10.1. The topological polar surface area (TPSA) is 47.4 Å². The van der Waals surface area contributed by atoms with E-state index in [2.05, 4.69) is 37.3 Å². The molecule has 0 saturated carbocycles. The van der Waals surface area contributed by atoms with E-state index in [4.69, 9.17) is 9.84 Å². The van der Waals surface area contributed by atoms with Crippen LogP contribution in [0.2, 0.25) is 0 Å². The summed E-state index contributed by atoms with van der Waals surface area (Å²) in [5, 5.41) is 5.86. The first-order valence-corrected chi connectivity index (χ1v) is 8.60. The lowest BCUT2D eigenvalue weighted by Gasteiger charge is -2.26. The van der Waals surface area contributed by atoms with Gasteiger partial charge in [0, 0.05) is 24.0 Å². The fourth-order valence-electron chi connectivity index (χ4n) is 3.26. The largest absolute Gasteiger partial charge is 0.378 e. The summed E-state index contributed by atoms with van der Waals surface area (Å²) in [7, 11) is 0. The molecule has 1 amide bonds. The minimum atomic E-state index is 0.0906. The maximum absolute atomic E-state index is 12.6. The van der Waals surface area contributed by atoms with Crippen molar-refractivity contribution in [1.29, 1.82) is 0 Å². The summed E-state index contributed by atoms with van der Waals surface area (Å²) in [5.41, 5.74) is 4.17. The fourth-order valence-corrected chi connectivity index (χ4v) is 3.26. The van der Waals surface area contributed by atoms with Crippen molar-refractivity contribution in [2.45, 2.75) is 13.5 Å². The average Bonchev–Trinajstić information content (AvgIpc) is 3.00. The zero-order valence-corrected chi connectivity index (χ0v) is 14.3. The van der Waals surface area contributed by atoms with Crippen molar-refractivity contribution < 1.29 is 9.53 Å². The number of carbonyl (C=O) groups excluding carboxylic acids is 1. The van der Waals surface area contributed by atoms with E-state index < -0.39 is 0 Å². The van der Waals surface area contributed by atoms with Crippen LogP contribution in [0.3, 0.4) is 0 Å². The number of amides is 1. The molecule has 0 bridgehead atoms. The predicted octanol–water partition coefficient (Wildman–Crippen LogP) is 2.87. The molecule has 5 heteroatoms. The third-order valence-electron chi connectivity index (χ3n) is 4.60. The number of carbonyl (C=O) groups is 1. The molecule has 4 rings (SSSR count). The lowest BCUT2D eigenvalue weighted by Crippen LogP contribution is -2.42. The van der Waals surface area contributed by atoms with Crippen molar-refractivity contribution in [3.05, 3.63) is 54.1 Å². The van der Waals surface area contributed by atoms with Crippen molar-refractivity contribution in [2.75, 3.05) is 26.3 Å². The van der Waals surface area contributed by atoms with Gasteiger partial charge >= 0.3 is 0 Å². The van der Waals surface area contributed by atoms with E-state index in [0.717, 1.165) is 22.2 Å². The molecule has 0 N–H and O–H groups in total. The second-order valence-electron chi connectivity index (χ2n) is 6.39. The Hall–Kier alpha value is -2.66. The van der Waals surface area contributed by atoms with Gasteiger partial charge in [-0.15, -0.1) is 0 Å². The van der Waals surface area contributed by atoms with Gasteiger partial charge in [0.25, 0.3) is 0 Å². The van der Waals surface area contributed by atoms with E-state index in [0.29, 0.717) is 26.3 Å². The van der Waals surface area contributed by atoms with Crippen LogP contribution in [0.25, 0.3) is 22.2 Å². The van der Waals surface area contributed by atoms with Crippen molar-refractivity contribution >= 4 is 16.8 Å². The molecule has 0 spiro atoms. The van der Waals surface area contributed by atoms with Gasteiger partial charge in [-0.25, -0.2) is 0 Å². The SMILES string of the molecule is Cc1ccc2c(c1)c(-c1ccccc1)nn2CC(=O)N1CCOCC1. The summed E-state index contributed by atoms with van der Waals surface area (Å²) in [4.78, 5) is 14.5. The van der Waals surface area contributed by atoms with Crippen LogP contribution in [0.4, 0.5) is 0 Å². The number of hydrogen-bond acceptors (Lipinski definition) is 3. The van der Waals surface area contributed by atoms with Gasteiger partial charge in [0.1, 0.15) is 12.2 Å². The highest BCUT2D eigenvalue weighted by atomic mass is 16.5. The number of aryl methyl sites for hydroxylation is 1. The van der Waals surface area contributed by atoms with Gasteiger partial charge in [-0.05, 0) is 19.1 Å². The van der Waals surface area contributed by atoms with E-state index in [1.165, 1.54) is 5.56 Å². The van der Waals surface area contributed by atoms with Crippen LogP contribution in [-0.4, -0.2) is 46.9 Å². The maximum atomic E-state index is 12.6. The Kier molecular flexibility index (Phi) is 4.24. The molecule has 0 radical (unpaired) electrons. The average molecular weight is 335 g/mol. The third kappa shape index (κ3) is 3.15. The van der Waals surface area contributed by atoms with E-state index in [1.54, 1.807) is 0 Å². The lowest BCUT2D eigenvalue weighted by molar-refractivity contribution is -0.136. The number of fused-ring (bicyclic) bond motifs is 1. The van der Waals surface area contributed by atoms with Crippen LogP contribution in [0, 0.1) is 6.92 Å². The molecule has 3 aromatic rings. The van der Waals surface area contributed by atoms with Crippen LogP contribution in [0.5, 0.6) is 0 Å². The summed E-state index contributed by atoms with van der Waals surface area (Å²) in [6, 6.07) is 16.4. The molecule has 2 aromatic carbocycles. The van der Waals surface area contributed by atoms with Gasteiger partial charge in [-0.3, -0.25) is 9.48 Å². The Morgan fingerprint density at radius 3 is 2.64 bits per heavy atom. The highest BCUT2D eigenvalue weighted by Gasteiger charge is 2.20. The molecular formula is C20H21N3O2. The molecule has 5 nitrogen and oxygen atoms in total. The van der Waals surface area contributed by atoms with Gasteiger partial charge in [-0.2, -0.15) is 5.10 Å². The van der Waals surface area contributed by atoms with Crippen molar-refractivity contribution in [3.63, 3.8) is 0 Å². The molecule has 1 aromatic heterocycles. The third-order valence-corrected chi connectivity index (χ3v) is 4.60. The number of morpholine rings is 1. The molecule has 1 aliphatic heterocycles. The Balaban J connectivity index is 1.73. The summed E-state index contributed by atoms with van der Waals surface area (Å²) in [6.07, 6.45) is 0. The first-order chi connectivity index (χ1) is 12.2. The Bertz CT molecular complexity index is 896. The van der Waals surface area contributed by atoms with Crippen LogP contribution in [0.15, 0.2) is 48.5 Å². The van der Waals surface area contributed by atoms with Gasteiger partial charge in [0.15, 0.2) is 0 Å². The monoisotopic (exact) mass is 335 g/mol. The standard InChI is InChI=1S/C20H21N3O2/c1-15-7-8-18-17(13-15)20(16-5-3-2-4-6-16)21-23(18)14-19(24)22-9-11-25-12-10-22/h2-8,13H,9-12,14H2,1H3. The minimum Gasteiger partial charge on any atom is -0.378 e. The molecule has 128 valence electrons. The first-order valence-electron chi connectivity index (χ1n) is 8.60. The highest BCUT2D eigenvalue weighted by Crippen LogP contribution is 2.28. The van der Waals surface area contributed by atoms with Crippen molar-refractivity contribution in [2.24, 2.45) is 0 Å². The fraction of sp³-hybridized carbons (Fsp3) is 0.300. The number of aromatic nitrogens is 2. The van der Waals surface area contributed by atoms with Crippen LogP contribution in [0.1, 0.15) is 5.56 Å². The van der Waals surface area contributed by atoms with Crippen molar-refractivity contribution in [3.8, 4) is 11.3 Å². The van der Waals surface area contributed by atoms with Gasteiger partial charge in [0.2, 0.25) is 5.91 Å². The first kappa shape index (κ1) is 15.8. The van der Waals surface area contributed by atoms with Gasteiger partial charge < -0.3 is 9.64 Å². The number of benzene rings is 2. The highest BCUT2D eigenvalue weighted by molar-refractivity contribution is 5.94. The molecule has 1 aliphatic rings. The van der Waals surface area contributed by atoms with Crippen molar-refractivity contribution in [1.82, 2.24) is 14.7 Å². The molecular weight excluding hydrogens is 314 g/mol. The van der Waals surface area contributed by atoms with E-state index in [-0.39, 0.29) is 12.5 Å². The zero-order valence-electron chi connectivity index (χ0n) is 14.3. The number of hydrogen-bond donors (Lipinski definition) is 0. The number of rotatable bonds is 3. The molecule has 0 atom stereocenters.